The fourth-order valence-corrected chi connectivity index (χ4v) is 3.94. The first-order valence-electron chi connectivity index (χ1n) is 10.6. The van der Waals surface area contributed by atoms with Gasteiger partial charge < -0.3 is 15.4 Å². The first-order chi connectivity index (χ1) is 14.4. The molecular formula is C23H33N5O2. The average molecular weight is 412 g/mol. The second-order valence-electron chi connectivity index (χ2n) is 8.19. The predicted octanol–water partition coefficient (Wildman–Crippen LogP) is 3.17. The molecule has 1 aliphatic rings. The highest BCUT2D eigenvalue weighted by atomic mass is 16.5. The molecule has 2 aromatic rings. The number of hydrogen-bond donors (Lipinski definition) is 2. The van der Waals surface area contributed by atoms with Crippen molar-refractivity contribution in [1.29, 1.82) is 0 Å². The molecule has 1 saturated heterocycles. The summed E-state index contributed by atoms with van der Waals surface area (Å²) in [6, 6.07) is 10.2. The summed E-state index contributed by atoms with van der Waals surface area (Å²) in [6.45, 7) is 8.73. The second-order valence-corrected chi connectivity index (χ2v) is 8.19. The lowest BCUT2D eigenvalue weighted by Crippen LogP contribution is -2.44. The number of methoxy groups -OCH3 is 1. The van der Waals surface area contributed by atoms with E-state index in [1.54, 1.807) is 7.11 Å². The lowest BCUT2D eigenvalue weighted by atomic mass is 9.92. The highest BCUT2D eigenvalue weighted by Crippen LogP contribution is 2.29. The molecular weight excluding hydrogens is 378 g/mol. The minimum absolute atomic E-state index is 0.0327. The van der Waals surface area contributed by atoms with Gasteiger partial charge in [0.1, 0.15) is 5.82 Å². The third-order valence-electron chi connectivity index (χ3n) is 5.33. The number of pyridine rings is 2. The van der Waals surface area contributed by atoms with Crippen molar-refractivity contribution in [2.24, 2.45) is 0 Å². The molecule has 1 atom stereocenters. The summed E-state index contributed by atoms with van der Waals surface area (Å²) in [5.41, 5.74) is 4.11. The fourth-order valence-electron chi connectivity index (χ4n) is 3.94. The van der Waals surface area contributed by atoms with E-state index in [-0.39, 0.29) is 11.9 Å². The number of hydrogen-bond acceptors (Lipinski definition) is 6. The Kier molecular flexibility index (Phi) is 7.76. The van der Waals surface area contributed by atoms with Crippen LogP contribution in [0.2, 0.25) is 0 Å². The molecule has 7 heteroatoms. The molecule has 3 rings (SSSR count). The van der Waals surface area contributed by atoms with Crippen LogP contribution in [0, 0.1) is 13.8 Å². The highest BCUT2D eigenvalue weighted by Gasteiger charge is 2.23. The first-order valence-corrected chi connectivity index (χ1v) is 10.6. The van der Waals surface area contributed by atoms with Gasteiger partial charge in [-0.05, 0) is 71.0 Å². The maximum atomic E-state index is 12.2. The molecule has 0 spiro atoms. The van der Waals surface area contributed by atoms with Gasteiger partial charge in [0.2, 0.25) is 5.91 Å². The molecule has 1 fully saturated rings. The van der Waals surface area contributed by atoms with Crippen LogP contribution in [0.25, 0.3) is 0 Å². The molecule has 0 bridgehead atoms. The molecule has 0 aliphatic carbocycles. The molecule has 1 amide bonds. The number of aryl methyl sites for hydroxylation is 2. The number of nitrogens with one attached hydrogen (secondary N) is 2. The summed E-state index contributed by atoms with van der Waals surface area (Å²) >= 11 is 0. The van der Waals surface area contributed by atoms with Gasteiger partial charge >= 0.3 is 0 Å². The van der Waals surface area contributed by atoms with E-state index >= 15 is 0 Å². The van der Waals surface area contributed by atoms with E-state index in [0.717, 1.165) is 54.5 Å². The first kappa shape index (κ1) is 22.2. The number of carbonyl (C=O) groups is 1. The second kappa shape index (κ2) is 10.5. The van der Waals surface area contributed by atoms with Gasteiger partial charge in [0, 0.05) is 41.8 Å². The van der Waals surface area contributed by atoms with E-state index < -0.39 is 0 Å². The van der Waals surface area contributed by atoms with Gasteiger partial charge in [0.25, 0.3) is 0 Å². The van der Waals surface area contributed by atoms with Crippen LogP contribution < -0.4 is 10.6 Å². The predicted molar refractivity (Wildman–Crippen MR) is 119 cm³/mol. The highest BCUT2D eigenvalue weighted by molar-refractivity contribution is 5.78. The van der Waals surface area contributed by atoms with Crippen molar-refractivity contribution in [1.82, 2.24) is 20.2 Å². The number of anilines is 2. The Morgan fingerprint density at radius 3 is 2.67 bits per heavy atom. The van der Waals surface area contributed by atoms with Gasteiger partial charge in [-0.2, -0.15) is 0 Å². The van der Waals surface area contributed by atoms with E-state index in [0.29, 0.717) is 19.1 Å². The number of likely N-dealkylation sites (tertiary alicyclic amines) is 1. The number of carbonyl (C=O) groups excluding carboxylic acids is 1. The van der Waals surface area contributed by atoms with Crippen molar-refractivity contribution in [3.05, 3.63) is 47.4 Å². The molecule has 0 aromatic carbocycles. The zero-order valence-corrected chi connectivity index (χ0v) is 18.4. The Bertz CT molecular complexity index is 849. The normalized spacial score (nSPS) is 16.3. The van der Waals surface area contributed by atoms with Gasteiger partial charge in [-0.25, -0.2) is 4.98 Å². The van der Waals surface area contributed by atoms with Gasteiger partial charge in [-0.15, -0.1) is 0 Å². The van der Waals surface area contributed by atoms with Crippen molar-refractivity contribution < 1.29 is 9.53 Å². The number of ether oxygens (including phenoxy) is 1. The maximum absolute atomic E-state index is 12.2. The minimum atomic E-state index is 0.0327. The van der Waals surface area contributed by atoms with E-state index in [1.165, 1.54) is 0 Å². The number of aromatic nitrogens is 2. The van der Waals surface area contributed by atoms with Gasteiger partial charge in [-0.3, -0.25) is 14.7 Å². The van der Waals surface area contributed by atoms with E-state index in [4.69, 9.17) is 9.72 Å². The summed E-state index contributed by atoms with van der Waals surface area (Å²) < 4.78 is 5.08. The van der Waals surface area contributed by atoms with E-state index in [1.807, 2.05) is 45.0 Å². The zero-order valence-electron chi connectivity index (χ0n) is 18.4. The van der Waals surface area contributed by atoms with Crippen LogP contribution in [0.15, 0.2) is 30.3 Å². The molecule has 7 nitrogen and oxygen atoms in total. The van der Waals surface area contributed by atoms with Crippen LogP contribution in [0.4, 0.5) is 11.5 Å². The van der Waals surface area contributed by atoms with Crippen LogP contribution >= 0.6 is 0 Å². The van der Waals surface area contributed by atoms with Gasteiger partial charge in [0.05, 0.1) is 13.2 Å². The monoisotopic (exact) mass is 411 g/mol. The standard InChI is InChI=1S/C23H33N5O2/c1-16-6-5-7-22(25-16)27-20-12-17(2)24-21(13-20)19-8-10-28(11-9-19)14-23(29)26-18(3)15-30-4/h5-7,12-13,18-19H,8-11,14-15H2,1-4H3,(H,26,29)(H,24,25,27)/t18-/m0/s1. The summed E-state index contributed by atoms with van der Waals surface area (Å²) in [6.07, 6.45) is 2.00. The fraction of sp³-hybridized carbons (Fsp3) is 0.522. The molecule has 1 aliphatic heterocycles. The van der Waals surface area contributed by atoms with E-state index in [2.05, 4.69) is 26.6 Å². The lowest BCUT2D eigenvalue weighted by Gasteiger charge is -2.31. The number of rotatable bonds is 8. The summed E-state index contributed by atoms with van der Waals surface area (Å²) in [5.74, 6) is 1.31. The maximum Gasteiger partial charge on any atom is 0.234 e. The molecule has 0 radical (unpaired) electrons. The summed E-state index contributed by atoms with van der Waals surface area (Å²) in [5, 5.41) is 6.38. The topological polar surface area (TPSA) is 79.4 Å². The van der Waals surface area contributed by atoms with Crippen molar-refractivity contribution in [3.8, 4) is 0 Å². The molecule has 30 heavy (non-hydrogen) atoms. The SMILES string of the molecule is COC[C@H](C)NC(=O)CN1CCC(c2cc(Nc3cccc(C)n3)cc(C)n2)CC1. The van der Waals surface area contributed by atoms with Crippen molar-refractivity contribution in [2.45, 2.75) is 45.6 Å². The molecule has 3 heterocycles. The van der Waals surface area contributed by atoms with Gasteiger partial charge in [0.15, 0.2) is 0 Å². The molecule has 0 saturated carbocycles. The largest absolute Gasteiger partial charge is 0.383 e. The quantitative estimate of drug-likeness (QED) is 0.695. The number of piperidine rings is 1. The van der Waals surface area contributed by atoms with Crippen LogP contribution in [-0.4, -0.2) is 60.2 Å². The smallest absolute Gasteiger partial charge is 0.234 e. The van der Waals surface area contributed by atoms with E-state index in [9.17, 15) is 4.79 Å². The third kappa shape index (κ3) is 6.50. The van der Waals surface area contributed by atoms with Crippen LogP contribution in [0.1, 0.15) is 42.8 Å². The lowest BCUT2D eigenvalue weighted by molar-refractivity contribution is -0.123. The Labute approximate surface area is 179 Å². The zero-order chi connectivity index (χ0) is 21.5. The Morgan fingerprint density at radius 1 is 1.20 bits per heavy atom. The van der Waals surface area contributed by atoms with Crippen LogP contribution in [0.3, 0.4) is 0 Å². The number of nitrogens with zero attached hydrogens (tertiary/aromatic N) is 3. The third-order valence-corrected chi connectivity index (χ3v) is 5.33. The Hall–Kier alpha value is -2.51. The Balaban J connectivity index is 1.56. The summed E-state index contributed by atoms with van der Waals surface area (Å²) in [4.78, 5) is 23.7. The van der Waals surface area contributed by atoms with Gasteiger partial charge in [-0.1, -0.05) is 6.07 Å². The van der Waals surface area contributed by atoms with Crippen molar-refractivity contribution in [3.63, 3.8) is 0 Å². The molecule has 162 valence electrons. The Morgan fingerprint density at radius 2 is 1.97 bits per heavy atom. The summed E-state index contributed by atoms with van der Waals surface area (Å²) in [7, 11) is 1.64. The van der Waals surface area contributed by atoms with Crippen molar-refractivity contribution in [2.75, 3.05) is 38.7 Å². The number of amides is 1. The van der Waals surface area contributed by atoms with Crippen LogP contribution in [0.5, 0.6) is 0 Å². The molecule has 0 unspecified atom stereocenters. The average Bonchev–Trinajstić information content (AvgIpc) is 2.68. The van der Waals surface area contributed by atoms with Crippen LogP contribution in [-0.2, 0) is 9.53 Å². The van der Waals surface area contributed by atoms with Crippen molar-refractivity contribution >= 4 is 17.4 Å². The molecule has 2 aromatic heterocycles. The molecule has 2 N–H and O–H groups in total. The minimum Gasteiger partial charge on any atom is -0.383 e.